The van der Waals surface area contributed by atoms with Gasteiger partial charge < -0.3 is 15.4 Å². The van der Waals surface area contributed by atoms with Gasteiger partial charge in [0.2, 0.25) is 5.91 Å². The van der Waals surface area contributed by atoms with E-state index in [0.29, 0.717) is 6.54 Å². The van der Waals surface area contributed by atoms with Crippen LogP contribution in [-0.4, -0.2) is 37.2 Å². The summed E-state index contributed by atoms with van der Waals surface area (Å²) in [5, 5.41) is 6.37. The van der Waals surface area contributed by atoms with Gasteiger partial charge in [-0.15, -0.1) is 12.4 Å². The van der Waals surface area contributed by atoms with Crippen LogP contribution in [-0.2, 0) is 9.53 Å². The summed E-state index contributed by atoms with van der Waals surface area (Å²) in [7, 11) is 0. The van der Waals surface area contributed by atoms with Gasteiger partial charge >= 0.3 is 0 Å². The fourth-order valence-electron chi connectivity index (χ4n) is 2.64. The van der Waals surface area contributed by atoms with Crippen molar-refractivity contribution in [2.75, 3.05) is 19.7 Å². The molecule has 4 nitrogen and oxygen atoms in total. The van der Waals surface area contributed by atoms with Crippen LogP contribution in [0.25, 0.3) is 0 Å². The molecule has 0 saturated carbocycles. The van der Waals surface area contributed by atoms with Gasteiger partial charge in [-0.1, -0.05) is 6.92 Å². The average Bonchev–Trinajstić information content (AvgIpc) is 2.97. The molecule has 17 heavy (non-hydrogen) atoms. The fourth-order valence-corrected chi connectivity index (χ4v) is 2.64. The normalized spacial score (nSPS) is 32.2. The van der Waals surface area contributed by atoms with Crippen LogP contribution in [0.1, 0.15) is 39.0 Å². The van der Waals surface area contributed by atoms with E-state index in [1.807, 2.05) is 0 Å². The second kappa shape index (κ2) is 6.57. The molecular weight excluding hydrogens is 240 g/mol. The van der Waals surface area contributed by atoms with E-state index in [1.54, 1.807) is 0 Å². The highest BCUT2D eigenvalue weighted by Gasteiger charge is 2.39. The molecule has 100 valence electrons. The molecule has 2 atom stereocenters. The van der Waals surface area contributed by atoms with E-state index in [4.69, 9.17) is 4.74 Å². The molecule has 0 aromatic carbocycles. The Labute approximate surface area is 109 Å². The van der Waals surface area contributed by atoms with Gasteiger partial charge in [0.1, 0.15) is 0 Å². The number of carbonyl (C=O) groups is 1. The summed E-state index contributed by atoms with van der Waals surface area (Å²) >= 11 is 0. The average molecular weight is 263 g/mol. The molecule has 0 radical (unpaired) electrons. The monoisotopic (exact) mass is 262 g/mol. The first-order valence-electron chi connectivity index (χ1n) is 6.42. The largest absolute Gasteiger partial charge is 0.376 e. The lowest BCUT2D eigenvalue weighted by molar-refractivity contribution is -0.127. The predicted octanol–water partition coefficient (Wildman–Crippen LogP) is 1.24. The molecule has 1 amide bonds. The number of hydrogen-bond donors (Lipinski definition) is 2. The van der Waals surface area contributed by atoms with Crippen LogP contribution in [0.2, 0.25) is 0 Å². The van der Waals surface area contributed by atoms with Gasteiger partial charge in [-0.3, -0.25) is 4.79 Å². The molecule has 2 saturated heterocycles. The highest BCUT2D eigenvalue weighted by atomic mass is 35.5. The van der Waals surface area contributed by atoms with Crippen LogP contribution in [0.5, 0.6) is 0 Å². The summed E-state index contributed by atoms with van der Waals surface area (Å²) in [6.45, 7) is 4.55. The van der Waals surface area contributed by atoms with Crippen LogP contribution in [0.3, 0.4) is 0 Å². The van der Waals surface area contributed by atoms with E-state index in [9.17, 15) is 4.79 Å². The predicted molar refractivity (Wildman–Crippen MR) is 69.5 cm³/mol. The number of rotatable bonds is 4. The SMILES string of the molecule is CCC1(C(=O)NCC2CCCO2)CCCN1.Cl. The first-order chi connectivity index (χ1) is 7.77. The maximum absolute atomic E-state index is 12.1. The summed E-state index contributed by atoms with van der Waals surface area (Å²) in [5.74, 6) is 0.156. The van der Waals surface area contributed by atoms with Crippen molar-refractivity contribution in [3.63, 3.8) is 0 Å². The van der Waals surface area contributed by atoms with Crippen molar-refractivity contribution in [2.24, 2.45) is 0 Å². The van der Waals surface area contributed by atoms with Crippen LogP contribution in [0.4, 0.5) is 0 Å². The minimum absolute atomic E-state index is 0. The molecule has 2 heterocycles. The van der Waals surface area contributed by atoms with E-state index < -0.39 is 0 Å². The molecule has 0 aliphatic carbocycles. The minimum Gasteiger partial charge on any atom is -0.376 e. The van der Waals surface area contributed by atoms with E-state index in [2.05, 4.69) is 17.6 Å². The second-order valence-corrected chi connectivity index (χ2v) is 4.81. The van der Waals surface area contributed by atoms with Crippen molar-refractivity contribution in [3.8, 4) is 0 Å². The summed E-state index contributed by atoms with van der Waals surface area (Å²) < 4.78 is 5.50. The summed E-state index contributed by atoms with van der Waals surface area (Å²) in [6, 6.07) is 0. The molecule has 2 N–H and O–H groups in total. The molecule has 0 aromatic rings. The van der Waals surface area contributed by atoms with Crippen LogP contribution in [0, 0.1) is 0 Å². The molecule has 0 bridgehead atoms. The molecule has 2 fully saturated rings. The third kappa shape index (κ3) is 3.33. The van der Waals surface area contributed by atoms with Crippen molar-refractivity contribution in [1.29, 1.82) is 0 Å². The van der Waals surface area contributed by atoms with Crippen molar-refractivity contribution >= 4 is 18.3 Å². The molecule has 2 aliphatic heterocycles. The number of halogens is 1. The first kappa shape index (κ1) is 14.7. The fraction of sp³-hybridized carbons (Fsp3) is 0.917. The van der Waals surface area contributed by atoms with Crippen LogP contribution >= 0.6 is 12.4 Å². The van der Waals surface area contributed by atoms with Gasteiger partial charge in [0.25, 0.3) is 0 Å². The highest BCUT2D eigenvalue weighted by Crippen LogP contribution is 2.23. The zero-order chi connectivity index (χ0) is 11.4. The number of ether oxygens (including phenoxy) is 1. The Morgan fingerprint density at radius 3 is 2.88 bits per heavy atom. The second-order valence-electron chi connectivity index (χ2n) is 4.81. The zero-order valence-corrected chi connectivity index (χ0v) is 11.3. The quantitative estimate of drug-likeness (QED) is 0.802. The van der Waals surface area contributed by atoms with Gasteiger partial charge in [-0.2, -0.15) is 0 Å². The smallest absolute Gasteiger partial charge is 0.240 e. The maximum Gasteiger partial charge on any atom is 0.240 e. The number of nitrogens with one attached hydrogen (secondary N) is 2. The Kier molecular flexibility index (Phi) is 5.70. The van der Waals surface area contributed by atoms with Crippen molar-refractivity contribution < 1.29 is 9.53 Å². The standard InChI is InChI=1S/C12H22N2O2.ClH/c1-2-12(6-4-7-14-12)11(15)13-9-10-5-3-8-16-10;/h10,14H,2-9H2,1H3,(H,13,15);1H. The topological polar surface area (TPSA) is 50.4 Å². The van der Waals surface area contributed by atoms with E-state index in [-0.39, 0.29) is 30.0 Å². The van der Waals surface area contributed by atoms with Crippen molar-refractivity contribution in [3.05, 3.63) is 0 Å². The third-order valence-corrected chi connectivity index (χ3v) is 3.80. The van der Waals surface area contributed by atoms with Gasteiger partial charge in [0.15, 0.2) is 0 Å². The van der Waals surface area contributed by atoms with Crippen molar-refractivity contribution in [2.45, 2.75) is 50.7 Å². The zero-order valence-electron chi connectivity index (χ0n) is 10.5. The Bertz CT molecular complexity index is 249. The lowest BCUT2D eigenvalue weighted by atomic mass is 9.93. The molecule has 2 aliphatic rings. The molecule has 2 unspecified atom stereocenters. The number of carbonyl (C=O) groups excluding carboxylic acids is 1. The number of hydrogen-bond acceptors (Lipinski definition) is 3. The maximum atomic E-state index is 12.1. The van der Waals surface area contributed by atoms with Gasteiger partial charge in [0, 0.05) is 13.2 Å². The Morgan fingerprint density at radius 1 is 1.53 bits per heavy atom. The van der Waals surface area contributed by atoms with Gasteiger partial charge in [-0.25, -0.2) is 0 Å². The third-order valence-electron chi connectivity index (χ3n) is 3.80. The van der Waals surface area contributed by atoms with E-state index >= 15 is 0 Å². The van der Waals surface area contributed by atoms with Gasteiger partial charge in [-0.05, 0) is 38.6 Å². The molecule has 0 spiro atoms. The van der Waals surface area contributed by atoms with Crippen LogP contribution < -0.4 is 10.6 Å². The lowest BCUT2D eigenvalue weighted by Crippen LogP contribution is -2.54. The molecule has 5 heteroatoms. The van der Waals surface area contributed by atoms with E-state index in [0.717, 1.165) is 45.3 Å². The summed E-state index contributed by atoms with van der Waals surface area (Å²) in [4.78, 5) is 12.1. The lowest BCUT2D eigenvalue weighted by Gasteiger charge is -2.27. The Morgan fingerprint density at radius 2 is 2.35 bits per heavy atom. The summed E-state index contributed by atoms with van der Waals surface area (Å²) in [5.41, 5.74) is -0.307. The highest BCUT2D eigenvalue weighted by molar-refractivity contribution is 5.86. The van der Waals surface area contributed by atoms with E-state index in [1.165, 1.54) is 0 Å². The summed E-state index contributed by atoms with van der Waals surface area (Å²) in [6.07, 6.45) is 5.36. The molecular formula is C12H23ClN2O2. The first-order valence-corrected chi connectivity index (χ1v) is 6.42. The number of amides is 1. The van der Waals surface area contributed by atoms with Crippen molar-refractivity contribution in [1.82, 2.24) is 10.6 Å². The Hall–Kier alpha value is -0.320. The van der Waals surface area contributed by atoms with Gasteiger partial charge in [0.05, 0.1) is 11.6 Å². The Balaban J connectivity index is 0.00000144. The molecule has 0 aromatic heterocycles. The minimum atomic E-state index is -0.307. The molecule has 2 rings (SSSR count). The van der Waals surface area contributed by atoms with Crippen LogP contribution in [0.15, 0.2) is 0 Å².